The van der Waals surface area contributed by atoms with Crippen molar-refractivity contribution in [1.82, 2.24) is 14.5 Å². The largest absolute Gasteiger partial charge is 0.396 e. The van der Waals surface area contributed by atoms with Crippen molar-refractivity contribution in [1.29, 1.82) is 0 Å². The van der Waals surface area contributed by atoms with Crippen LogP contribution in [0.4, 0.5) is 0 Å². The number of nitrogens with zero attached hydrogens (tertiary/aromatic N) is 2. The molecular weight excluding hydrogens is 246 g/mol. The third-order valence-electron chi connectivity index (χ3n) is 3.32. The van der Waals surface area contributed by atoms with Crippen molar-refractivity contribution >= 4 is 0 Å². The van der Waals surface area contributed by atoms with Crippen LogP contribution in [0.1, 0.15) is 26.0 Å². The minimum atomic E-state index is -0.320. The van der Waals surface area contributed by atoms with E-state index in [1.165, 1.54) is 17.7 Å². The van der Waals surface area contributed by atoms with Crippen molar-refractivity contribution < 1.29 is 5.11 Å². The number of aliphatic hydroxyl groups excluding tert-OH is 1. The molecule has 0 aliphatic heterocycles. The molecule has 0 amide bonds. The highest BCUT2D eigenvalue weighted by atomic mass is 16.3. The predicted octanol–water partition coefficient (Wildman–Crippen LogP) is -0.418. The van der Waals surface area contributed by atoms with Crippen molar-refractivity contribution in [3.05, 3.63) is 32.6 Å². The molecule has 19 heavy (non-hydrogen) atoms. The standard InChI is InChI=1S/C13H23N3O3/c1-13(2,5-6-17)9-14-8-10-7-11(18)16(4)12(19)15(10)3/h7,14,17H,5-6,8-9H2,1-4H3. The molecule has 1 aromatic heterocycles. The zero-order valence-electron chi connectivity index (χ0n) is 12.1. The van der Waals surface area contributed by atoms with Gasteiger partial charge < -0.3 is 10.4 Å². The van der Waals surface area contributed by atoms with Crippen LogP contribution in [0.3, 0.4) is 0 Å². The number of hydrogen-bond acceptors (Lipinski definition) is 4. The van der Waals surface area contributed by atoms with Crippen LogP contribution in [0.2, 0.25) is 0 Å². The number of nitrogens with one attached hydrogen (secondary N) is 1. The Morgan fingerprint density at radius 3 is 2.47 bits per heavy atom. The first-order valence-electron chi connectivity index (χ1n) is 6.36. The minimum Gasteiger partial charge on any atom is -0.396 e. The van der Waals surface area contributed by atoms with Crippen molar-refractivity contribution in [2.75, 3.05) is 13.2 Å². The van der Waals surface area contributed by atoms with Gasteiger partial charge >= 0.3 is 5.69 Å². The second-order valence-corrected chi connectivity index (χ2v) is 5.62. The molecule has 6 nitrogen and oxygen atoms in total. The van der Waals surface area contributed by atoms with Crippen molar-refractivity contribution in [2.24, 2.45) is 19.5 Å². The molecule has 1 aromatic rings. The van der Waals surface area contributed by atoms with E-state index in [4.69, 9.17) is 5.11 Å². The Morgan fingerprint density at radius 2 is 1.89 bits per heavy atom. The van der Waals surface area contributed by atoms with Gasteiger partial charge in [0.15, 0.2) is 0 Å². The SMILES string of the molecule is Cn1c(CNCC(C)(C)CCO)cc(=O)n(C)c1=O. The van der Waals surface area contributed by atoms with Crippen molar-refractivity contribution in [3.63, 3.8) is 0 Å². The molecule has 0 fully saturated rings. The molecule has 0 saturated heterocycles. The second-order valence-electron chi connectivity index (χ2n) is 5.62. The zero-order chi connectivity index (χ0) is 14.6. The smallest absolute Gasteiger partial charge is 0.330 e. The Bertz CT molecular complexity index is 543. The fraction of sp³-hybridized carbons (Fsp3) is 0.692. The molecule has 0 unspecified atom stereocenters. The number of rotatable bonds is 6. The first kappa shape index (κ1) is 15.7. The monoisotopic (exact) mass is 269 g/mol. The highest BCUT2D eigenvalue weighted by Crippen LogP contribution is 2.17. The first-order chi connectivity index (χ1) is 8.78. The molecular formula is C13H23N3O3. The number of aliphatic hydroxyl groups is 1. The van der Waals surface area contributed by atoms with Gasteiger partial charge in [-0.2, -0.15) is 0 Å². The van der Waals surface area contributed by atoms with E-state index in [1.807, 2.05) is 0 Å². The van der Waals surface area contributed by atoms with Crippen LogP contribution in [-0.2, 0) is 20.6 Å². The van der Waals surface area contributed by atoms with Crippen LogP contribution in [0.15, 0.2) is 15.7 Å². The Hall–Kier alpha value is -1.40. The lowest BCUT2D eigenvalue weighted by Gasteiger charge is -2.24. The average Bonchev–Trinajstić information content (AvgIpc) is 2.32. The summed E-state index contributed by atoms with van der Waals surface area (Å²) in [6.45, 7) is 5.42. The molecule has 0 radical (unpaired) electrons. The van der Waals surface area contributed by atoms with Gasteiger partial charge in [0, 0.05) is 45.6 Å². The van der Waals surface area contributed by atoms with Crippen LogP contribution in [-0.4, -0.2) is 27.4 Å². The fourth-order valence-electron chi connectivity index (χ4n) is 1.87. The van der Waals surface area contributed by atoms with Crippen molar-refractivity contribution in [2.45, 2.75) is 26.8 Å². The lowest BCUT2D eigenvalue weighted by molar-refractivity contribution is 0.206. The van der Waals surface area contributed by atoms with Gasteiger partial charge in [0.05, 0.1) is 0 Å². The van der Waals surface area contributed by atoms with E-state index < -0.39 is 0 Å². The van der Waals surface area contributed by atoms with E-state index in [0.29, 0.717) is 25.2 Å². The van der Waals surface area contributed by atoms with Crippen LogP contribution < -0.4 is 16.6 Å². The maximum Gasteiger partial charge on any atom is 0.330 e. The molecule has 1 heterocycles. The number of aromatic nitrogens is 2. The maximum atomic E-state index is 11.7. The quantitative estimate of drug-likeness (QED) is 0.735. The molecule has 2 N–H and O–H groups in total. The lowest BCUT2D eigenvalue weighted by atomic mass is 9.90. The molecule has 1 rings (SSSR count). The van der Waals surface area contributed by atoms with Gasteiger partial charge in [0.2, 0.25) is 0 Å². The molecule has 0 aliphatic carbocycles. The van der Waals surface area contributed by atoms with Gasteiger partial charge in [0.1, 0.15) is 0 Å². The first-order valence-corrected chi connectivity index (χ1v) is 6.36. The van der Waals surface area contributed by atoms with E-state index in [9.17, 15) is 9.59 Å². The molecule has 0 saturated carbocycles. The normalized spacial score (nSPS) is 11.8. The summed E-state index contributed by atoms with van der Waals surface area (Å²) in [5.41, 5.74) is 0.0224. The highest BCUT2D eigenvalue weighted by molar-refractivity contribution is 5.01. The Morgan fingerprint density at radius 1 is 1.26 bits per heavy atom. The van der Waals surface area contributed by atoms with Crippen LogP contribution in [0, 0.1) is 5.41 Å². The summed E-state index contributed by atoms with van der Waals surface area (Å²) >= 11 is 0. The van der Waals surface area contributed by atoms with Crippen LogP contribution in [0.25, 0.3) is 0 Å². The van der Waals surface area contributed by atoms with Gasteiger partial charge in [-0.15, -0.1) is 0 Å². The second kappa shape index (κ2) is 6.16. The van der Waals surface area contributed by atoms with Gasteiger partial charge in [0.25, 0.3) is 5.56 Å². The Labute approximate surface area is 112 Å². The van der Waals surface area contributed by atoms with E-state index >= 15 is 0 Å². The Kier molecular flexibility index (Phi) is 5.08. The fourth-order valence-corrected chi connectivity index (χ4v) is 1.87. The van der Waals surface area contributed by atoms with Gasteiger partial charge in [-0.05, 0) is 11.8 Å². The molecule has 0 aliphatic rings. The maximum absolute atomic E-state index is 11.7. The zero-order valence-corrected chi connectivity index (χ0v) is 12.1. The van der Waals surface area contributed by atoms with Crippen molar-refractivity contribution in [3.8, 4) is 0 Å². The summed E-state index contributed by atoms with van der Waals surface area (Å²) in [7, 11) is 3.11. The summed E-state index contributed by atoms with van der Waals surface area (Å²) < 4.78 is 2.55. The molecule has 0 bridgehead atoms. The third kappa shape index (κ3) is 4.04. The summed E-state index contributed by atoms with van der Waals surface area (Å²) in [6.07, 6.45) is 0.704. The molecule has 0 aromatic carbocycles. The van der Waals surface area contributed by atoms with Gasteiger partial charge in [-0.1, -0.05) is 13.8 Å². The van der Waals surface area contributed by atoms with Crippen LogP contribution >= 0.6 is 0 Å². The average molecular weight is 269 g/mol. The Balaban J connectivity index is 2.75. The van der Waals surface area contributed by atoms with Crippen LogP contribution in [0.5, 0.6) is 0 Å². The molecule has 0 spiro atoms. The van der Waals surface area contributed by atoms with Gasteiger partial charge in [-0.3, -0.25) is 13.9 Å². The topological polar surface area (TPSA) is 76.3 Å². The third-order valence-corrected chi connectivity index (χ3v) is 3.32. The van der Waals surface area contributed by atoms with E-state index in [1.54, 1.807) is 7.05 Å². The molecule has 0 atom stereocenters. The van der Waals surface area contributed by atoms with E-state index in [-0.39, 0.29) is 23.3 Å². The minimum absolute atomic E-state index is 0.0205. The summed E-state index contributed by atoms with van der Waals surface area (Å²) in [5, 5.41) is 12.2. The summed E-state index contributed by atoms with van der Waals surface area (Å²) in [6, 6.07) is 1.47. The van der Waals surface area contributed by atoms with Gasteiger partial charge in [-0.25, -0.2) is 4.79 Å². The summed E-state index contributed by atoms with van der Waals surface area (Å²) in [5.74, 6) is 0. The van der Waals surface area contributed by atoms with E-state index in [0.717, 1.165) is 4.57 Å². The highest BCUT2D eigenvalue weighted by Gasteiger charge is 2.16. The predicted molar refractivity (Wildman–Crippen MR) is 74.1 cm³/mol. The molecule has 108 valence electrons. The summed E-state index contributed by atoms with van der Waals surface area (Å²) in [4.78, 5) is 23.3. The van der Waals surface area contributed by atoms with E-state index in [2.05, 4.69) is 19.2 Å². The lowest BCUT2D eigenvalue weighted by Crippen LogP contribution is -2.39. The molecule has 6 heteroatoms. The number of hydrogen-bond donors (Lipinski definition) is 2.